The van der Waals surface area contributed by atoms with E-state index in [4.69, 9.17) is 25.6 Å². The Balaban J connectivity index is 1.92. The maximum Gasteiger partial charge on any atom is 0.496 e. The third-order valence-corrected chi connectivity index (χ3v) is 6.02. The fraction of sp³-hybridized carbons (Fsp3) is 0.550. The van der Waals surface area contributed by atoms with Crippen LogP contribution in [0.2, 0.25) is 5.02 Å². The van der Waals surface area contributed by atoms with Crippen molar-refractivity contribution in [2.24, 2.45) is 0 Å². The SMILES string of the molecule is COc1ncc(B2OC(C)(C)C(C)(C)O2)cc1[C@H](C)Nc1nc(C)nc(C)c1Cl. The van der Waals surface area contributed by atoms with Gasteiger partial charge in [0.05, 0.1) is 30.0 Å². The van der Waals surface area contributed by atoms with Gasteiger partial charge in [-0.2, -0.15) is 0 Å². The molecule has 0 unspecified atom stereocenters. The molecule has 3 heterocycles. The van der Waals surface area contributed by atoms with E-state index in [1.165, 1.54) is 0 Å². The second-order valence-corrected chi connectivity index (χ2v) is 8.72. The van der Waals surface area contributed by atoms with Crippen molar-refractivity contribution in [3.05, 3.63) is 34.4 Å². The Morgan fingerprint density at radius 3 is 2.34 bits per heavy atom. The predicted octanol–water partition coefficient (Wildman–Crippen LogP) is 3.62. The number of aryl methyl sites for hydroxylation is 2. The number of anilines is 1. The molecule has 7 nitrogen and oxygen atoms in total. The minimum absolute atomic E-state index is 0.175. The van der Waals surface area contributed by atoms with Crippen LogP contribution in [0.3, 0.4) is 0 Å². The number of nitrogens with zero attached hydrogens (tertiary/aromatic N) is 3. The normalized spacial score (nSPS) is 18.6. The molecule has 1 saturated heterocycles. The molecule has 156 valence electrons. The maximum atomic E-state index is 6.39. The number of aromatic nitrogens is 3. The van der Waals surface area contributed by atoms with Gasteiger partial charge in [-0.15, -0.1) is 0 Å². The van der Waals surface area contributed by atoms with Crippen LogP contribution in [0.5, 0.6) is 5.88 Å². The Morgan fingerprint density at radius 2 is 1.76 bits per heavy atom. The number of pyridine rings is 1. The summed E-state index contributed by atoms with van der Waals surface area (Å²) in [5.74, 6) is 1.74. The summed E-state index contributed by atoms with van der Waals surface area (Å²) >= 11 is 6.39. The number of ether oxygens (including phenoxy) is 1. The van der Waals surface area contributed by atoms with Crippen LogP contribution < -0.4 is 15.5 Å². The van der Waals surface area contributed by atoms with E-state index in [1.807, 2.05) is 54.5 Å². The van der Waals surface area contributed by atoms with Crippen LogP contribution in [0, 0.1) is 13.8 Å². The molecule has 1 N–H and O–H groups in total. The summed E-state index contributed by atoms with van der Waals surface area (Å²) in [6, 6.07) is 1.81. The van der Waals surface area contributed by atoms with Crippen molar-refractivity contribution in [2.75, 3.05) is 12.4 Å². The van der Waals surface area contributed by atoms with Crippen molar-refractivity contribution in [3.8, 4) is 5.88 Å². The average molecular weight is 419 g/mol. The average Bonchev–Trinajstić information content (AvgIpc) is 2.86. The van der Waals surface area contributed by atoms with Gasteiger partial charge >= 0.3 is 7.12 Å². The number of hydrogen-bond donors (Lipinski definition) is 1. The standard InChI is InChI=1S/C20H28BClN4O3/c1-11(25-17-16(22)12(2)24-13(3)26-17)15-9-14(10-23-18(15)27-8)21-28-19(4,5)20(6,7)29-21/h9-11H,1-8H3,(H,24,25,26)/t11-/m0/s1. The van der Waals surface area contributed by atoms with E-state index in [2.05, 4.69) is 20.3 Å². The summed E-state index contributed by atoms with van der Waals surface area (Å²) in [7, 11) is 1.09. The molecule has 0 spiro atoms. The summed E-state index contributed by atoms with van der Waals surface area (Å²) in [6.07, 6.45) is 1.73. The third kappa shape index (κ3) is 4.20. The topological polar surface area (TPSA) is 78.4 Å². The first-order valence-corrected chi connectivity index (χ1v) is 9.99. The highest BCUT2D eigenvalue weighted by Gasteiger charge is 2.52. The zero-order valence-corrected chi connectivity index (χ0v) is 19.0. The van der Waals surface area contributed by atoms with Gasteiger partial charge in [-0.05, 0) is 48.5 Å². The zero-order valence-electron chi connectivity index (χ0n) is 18.3. The Kier molecular flexibility index (Phi) is 5.82. The molecule has 9 heteroatoms. The van der Waals surface area contributed by atoms with Crippen LogP contribution in [0.25, 0.3) is 0 Å². The molecule has 2 aromatic rings. The number of nitrogens with one attached hydrogen (secondary N) is 1. The molecule has 2 aromatic heterocycles. The van der Waals surface area contributed by atoms with E-state index in [1.54, 1.807) is 13.3 Å². The Hall–Kier alpha value is -1.90. The van der Waals surface area contributed by atoms with Crippen LogP contribution in [-0.2, 0) is 9.31 Å². The molecule has 0 radical (unpaired) electrons. The Bertz CT molecular complexity index is 907. The highest BCUT2D eigenvalue weighted by Crippen LogP contribution is 2.37. The second-order valence-electron chi connectivity index (χ2n) is 8.34. The summed E-state index contributed by atoms with van der Waals surface area (Å²) in [5, 5.41) is 3.85. The molecule has 3 rings (SSSR count). The quantitative estimate of drug-likeness (QED) is 0.743. The lowest BCUT2D eigenvalue weighted by atomic mass is 9.79. The van der Waals surface area contributed by atoms with Gasteiger partial charge in [0.25, 0.3) is 0 Å². The van der Waals surface area contributed by atoms with Gasteiger partial charge in [0, 0.05) is 17.2 Å². The van der Waals surface area contributed by atoms with Crippen molar-refractivity contribution in [3.63, 3.8) is 0 Å². The second kappa shape index (κ2) is 7.74. The van der Waals surface area contributed by atoms with Crippen LogP contribution in [0.1, 0.15) is 57.7 Å². The van der Waals surface area contributed by atoms with E-state index < -0.39 is 18.3 Å². The lowest BCUT2D eigenvalue weighted by Gasteiger charge is -2.32. The van der Waals surface area contributed by atoms with Crippen molar-refractivity contribution in [1.82, 2.24) is 15.0 Å². The highest BCUT2D eigenvalue weighted by molar-refractivity contribution is 6.62. The third-order valence-electron chi connectivity index (χ3n) is 5.57. The number of hydrogen-bond acceptors (Lipinski definition) is 7. The van der Waals surface area contributed by atoms with Gasteiger partial charge in [0.1, 0.15) is 16.7 Å². The molecule has 1 aliphatic heterocycles. The number of methoxy groups -OCH3 is 1. The first-order chi connectivity index (χ1) is 13.4. The molecular formula is C20H28BClN4O3. The Labute approximate surface area is 177 Å². The van der Waals surface area contributed by atoms with Crippen LogP contribution >= 0.6 is 11.6 Å². The van der Waals surface area contributed by atoms with Gasteiger partial charge in [-0.25, -0.2) is 15.0 Å². The molecule has 1 fully saturated rings. The van der Waals surface area contributed by atoms with Crippen molar-refractivity contribution < 1.29 is 14.0 Å². The summed E-state index contributed by atoms with van der Waals surface area (Å²) in [5.41, 5.74) is 1.56. The minimum atomic E-state index is -0.503. The molecule has 0 aromatic carbocycles. The van der Waals surface area contributed by atoms with Crippen LogP contribution in [0.4, 0.5) is 5.82 Å². The van der Waals surface area contributed by atoms with Crippen LogP contribution in [-0.4, -0.2) is 40.4 Å². The fourth-order valence-electron chi connectivity index (χ4n) is 3.15. The van der Waals surface area contributed by atoms with Gasteiger partial charge in [0.15, 0.2) is 0 Å². The zero-order chi connectivity index (χ0) is 21.6. The van der Waals surface area contributed by atoms with Gasteiger partial charge in [0.2, 0.25) is 5.88 Å². The smallest absolute Gasteiger partial charge is 0.481 e. The fourth-order valence-corrected chi connectivity index (χ4v) is 3.29. The van der Waals surface area contributed by atoms with E-state index >= 15 is 0 Å². The van der Waals surface area contributed by atoms with E-state index in [0.29, 0.717) is 22.5 Å². The number of rotatable bonds is 5. The molecular weight excluding hydrogens is 391 g/mol. The molecule has 1 aliphatic rings. The van der Waals surface area contributed by atoms with Crippen molar-refractivity contribution in [1.29, 1.82) is 0 Å². The van der Waals surface area contributed by atoms with Crippen molar-refractivity contribution >= 4 is 30.0 Å². The van der Waals surface area contributed by atoms with Gasteiger partial charge < -0.3 is 19.4 Å². The van der Waals surface area contributed by atoms with E-state index in [-0.39, 0.29) is 6.04 Å². The monoisotopic (exact) mass is 418 g/mol. The molecule has 0 aliphatic carbocycles. The first-order valence-electron chi connectivity index (χ1n) is 9.62. The molecule has 29 heavy (non-hydrogen) atoms. The molecule has 0 bridgehead atoms. The molecule has 0 amide bonds. The lowest BCUT2D eigenvalue weighted by Crippen LogP contribution is -2.41. The lowest BCUT2D eigenvalue weighted by molar-refractivity contribution is 0.00578. The molecule has 1 atom stereocenters. The number of halogens is 1. The van der Waals surface area contributed by atoms with Crippen LogP contribution in [0.15, 0.2) is 12.3 Å². The Morgan fingerprint density at radius 1 is 1.14 bits per heavy atom. The maximum absolute atomic E-state index is 6.39. The predicted molar refractivity (Wildman–Crippen MR) is 115 cm³/mol. The van der Waals surface area contributed by atoms with Gasteiger partial charge in [-0.3, -0.25) is 0 Å². The highest BCUT2D eigenvalue weighted by atomic mass is 35.5. The molecule has 0 saturated carbocycles. The first kappa shape index (κ1) is 21.8. The van der Waals surface area contributed by atoms with Gasteiger partial charge in [-0.1, -0.05) is 17.7 Å². The van der Waals surface area contributed by atoms with E-state index in [0.717, 1.165) is 16.7 Å². The summed E-state index contributed by atoms with van der Waals surface area (Å²) < 4.78 is 17.8. The largest absolute Gasteiger partial charge is 0.496 e. The minimum Gasteiger partial charge on any atom is -0.481 e. The van der Waals surface area contributed by atoms with E-state index in [9.17, 15) is 0 Å². The summed E-state index contributed by atoms with van der Waals surface area (Å²) in [4.78, 5) is 13.2. The van der Waals surface area contributed by atoms with Crippen molar-refractivity contribution in [2.45, 2.75) is 65.7 Å². The summed E-state index contributed by atoms with van der Waals surface area (Å²) in [6.45, 7) is 13.8.